The Labute approximate surface area is 146 Å². The Morgan fingerprint density at radius 1 is 0.960 bits per heavy atom. The normalized spacial score (nSPS) is 13.2. The molecule has 0 saturated heterocycles. The molecule has 5 nitrogen and oxygen atoms in total. The molecule has 0 bridgehead atoms. The van der Waals surface area contributed by atoms with E-state index >= 15 is 0 Å². The van der Waals surface area contributed by atoms with E-state index in [0.29, 0.717) is 11.1 Å². The summed E-state index contributed by atoms with van der Waals surface area (Å²) in [5.74, 6) is -0.898. The number of benzene rings is 2. The van der Waals surface area contributed by atoms with Gasteiger partial charge in [0.05, 0.1) is 11.1 Å². The smallest absolute Gasteiger partial charge is 0.261 e. The number of aryl methyl sites for hydroxylation is 2. The summed E-state index contributed by atoms with van der Waals surface area (Å²) >= 11 is 0. The van der Waals surface area contributed by atoms with Crippen LogP contribution >= 0.6 is 0 Å². The van der Waals surface area contributed by atoms with Crippen molar-refractivity contribution in [2.75, 3.05) is 11.9 Å². The van der Waals surface area contributed by atoms with Crippen molar-refractivity contribution in [1.29, 1.82) is 0 Å². The highest BCUT2D eigenvalue weighted by Gasteiger charge is 2.34. The van der Waals surface area contributed by atoms with E-state index in [1.165, 1.54) is 5.56 Å². The van der Waals surface area contributed by atoms with Gasteiger partial charge in [-0.05, 0) is 61.7 Å². The molecule has 0 spiro atoms. The standard InChI is InChI=1S/C20H20N2O3/c1-12-10-15(11-13(2)14(12)3)21-18(23)8-9-22-19(24)16-6-4-5-7-17(16)20(22)25/h4-7,10-11H,8-9H2,1-3H3,(H,21,23). The molecule has 0 saturated carbocycles. The van der Waals surface area contributed by atoms with Crippen LogP contribution in [-0.4, -0.2) is 29.2 Å². The molecule has 0 aliphatic carbocycles. The van der Waals surface area contributed by atoms with E-state index < -0.39 is 0 Å². The van der Waals surface area contributed by atoms with Crippen molar-refractivity contribution >= 4 is 23.4 Å². The van der Waals surface area contributed by atoms with Crippen LogP contribution < -0.4 is 5.32 Å². The molecule has 5 heteroatoms. The molecular formula is C20H20N2O3. The quantitative estimate of drug-likeness (QED) is 0.872. The third-order valence-electron chi connectivity index (χ3n) is 4.65. The predicted octanol–water partition coefficient (Wildman–Crippen LogP) is 3.24. The lowest BCUT2D eigenvalue weighted by Crippen LogP contribution is -2.32. The van der Waals surface area contributed by atoms with E-state index in [4.69, 9.17) is 0 Å². The number of nitrogens with one attached hydrogen (secondary N) is 1. The van der Waals surface area contributed by atoms with Crippen LogP contribution in [0.15, 0.2) is 36.4 Å². The highest BCUT2D eigenvalue weighted by atomic mass is 16.2. The Balaban J connectivity index is 1.64. The van der Waals surface area contributed by atoms with Gasteiger partial charge in [-0.25, -0.2) is 0 Å². The van der Waals surface area contributed by atoms with E-state index in [1.807, 2.05) is 32.9 Å². The minimum Gasteiger partial charge on any atom is -0.326 e. The average molecular weight is 336 g/mol. The van der Waals surface area contributed by atoms with Crippen molar-refractivity contribution in [3.63, 3.8) is 0 Å². The second kappa shape index (κ2) is 6.51. The first-order chi connectivity index (χ1) is 11.9. The van der Waals surface area contributed by atoms with Gasteiger partial charge in [0.2, 0.25) is 5.91 Å². The monoisotopic (exact) mass is 336 g/mol. The zero-order valence-corrected chi connectivity index (χ0v) is 14.6. The zero-order chi connectivity index (χ0) is 18.1. The maximum atomic E-state index is 12.3. The molecule has 2 aromatic rings. The summed E-state index contributed by atoms with van der Waals surface area (Å²) in [5, 5.41) is 2.84. The molecule has 25 heavy (non-hydrogen) atoms. The Bertz CT molecular complexity index is 828. The van der Waals surface area contributed by atoms with Crippen molar-refractivity contribution in [2.45, 2.75) is 27.2 Å². The number of hydrogen-bond acceptors (Lipinski definition) is 3. The van der Waals surface area contributed by atoms with Gasteiger partial charge < -0.3 is 5.32 Å². The van der Waals surface area contributed by atoms with Gasteiger partial charge in [0, 0.05) is 18.7 Å². The maximum Gasteiger partial charge on any atom is 0.261 e. The summed E-state index contributed by atoms with van der Waals surface area (Å²) in [6.07, 6.45) is 0.0669. The fraction of sp³-hybridized carbons (Fsp3) is 0.250. The van der Waals surface area contributed by atoms with Crippen molar-refractivity contribution < 1.29 is 14.4 Å². The van der Waals surface area contributed by atoms with E-state index in [1.54, 1.807) is 24.3 Å². The van der Waals surface area contributed by atoms with Crippen LogP contribution in [0.25, 0.3) is 0 Å². The average Bonchev–Trinajstić information content (AvgIpc) is 2.82. The number of carbonyl (C=O) groups excluding carboxylic acids is 3. The highest BCUT2D eigenvalue weighted by Crippen LogP contribution is 2.23. The molecule has 0 radical (unpaired) electrons. The fourth-order valence-electron chi connectivity index (χ4n) is 2.99. The molecule has 0 atom stereocenters. The van der Waals surface area contributed by atoms with Crippen LogP contribution in [0.1, 0.15) is 43.8 Å². The molecule has 1 aliphatic heterocycles. The topological polar surface area (TPSA) is 66.5 Å². The number of amides is 3. The molecule has 3 rings (SSSR count). The summed E-state index contributed by atoms with van der Waals surface area (Å²) in [5.41, 5.74) is 4.94. The Hall–Kier alpha value is -2.95. The van der Waals surface area contributed by atoms with Crippen LogP contribution in [0, 0.1) is 20.8 Å². The summed E-state index contributed by atoms with van der Waals surface area (Å²) < 4.78 is 0. The van der Waals surface area contributed by atoms with Gasteiger partial charge in [0.25, 0.3) is 11.8 Å². The van der Waals surface area contributed by atoms with Gasteiger partial charge in [-0.3, -0.25) is 19.3 Å². The van der Waals surface area contributed by atoms with Crippen molar-refractivity contribution in [3.05, 3.63) is 64.2 Å². The Morgan fingerprint density at radius 3 is 2.00 bits per heavy atom. The minimum absolute atomic E-state index is 0.0669. The first kappa shape index (κ1) is 16.9. The predicted molar refractivity (Wildman–Crippen MR) is 95.7 cm³/mol. The van der Waals surface area contributed by atoms with Crippen LogP contribution in [0.2, 0.25) is 0 Å². The van der Waals surface area contributed by atoms with Crippen LogP contribution in [-0.2, 0) is 4.79 Å². The van der Waals surface area contributed by atoms with Gasteiger partial charge in [-0.1, -0.05) is 12.1 Å². The largest absolute Gasteiger partial charge is 0.326 e. The van der Waals surface area contributed by atoms with Gasteiger partial charge in [0.15, 0.2) is 0 Å². The molecule has 1 N–H and O–H groups in total. The second-order valence-electron chi connectivity index (χ2n) is 6.34. The number of fused-ring (bicyclic) bond motifs is 1. The number of imide groups is 1. The molecule has 3 amide bonds. The molecule has 2 aromatic carbocycles. The molecule has 1 aliphatic rings. The molecule has 0 aromatic heterocycles. The van der Waals surface area contributed by atoms with Crippen LogP contribution in [0.3, 0.4) is 0 Å². The van der Waals surface area contributed by atoms with E-state index in [-0.39, 0.29) is 30.7 Å². The Morgan fingerprint density at radius 2 is 1.48 bits per heavy atom. The second-order valence-corrected chi connectivity index (χ2v) is 6.34. The van der Waals surface area contributed by atoms with E-state index in [2.05, 4.69) is 5.32 Å². The third kappa shape index (κ3) is 3.18. The lowest BCUT2D eigenvalue weighted by atomic mass is 10.0. The molecule has 0 fully saturated rings. The summed E-state index contributed by atoms with van der Waals surface area (Å²) in [4.78, 5) is 37.9. The summed E-state index contributed by atoms with van der Waals surface area (Å²) in [6.45, 7) is 6.11. The van der Waals surface area contributed by atoms with Crippen LogP contribution in [0.4, 0.5) is 5.69 Å². The number of hydrogen-bond donors (Lipinski definition) is 1. The molecular weight excluding hydrogens is 316 g/mol. The number of carbonyl (C=O) groups is 3. The van der Waals surface area contributed by atoms with Gasteiger partial charge in [0.1, 0.15) is 0 Å². The minimum atomic E-state index is -0.338. The fourth-order valence-corrected chi connectivity index (χ4v) is 2.99. The van der Waals surface area contributed by atoms with Crippen molar-refractivity contribution in [1.82, 2.24) is 4.90 Å². The van der Waals surface area contributed by atoms with Gasteiger partial charge in [-0.15, -0.1) is 0 Å². The Kier molecular flexibility index (Phi) is 4.40. The molecule has 1 heterocycles. The zero-order valence-electron chi connectivity index (χ0n) is 14.6. The summed E-state index contributed by atoms with van der Waals surface area (Å²) in [6, 6.07) is 10.6. The van der Waals surface area contributed by atoms with Crippen LogP contribution in [0.5, 0.6) is 0 Å². The first-order valence-electron chi connectivity index (χ1n) is 8.21. The number of anilines is 1. The van der Waals surface area contributed by atoms with E-state index in [9.17, 15) is 14.4 Å². The van der Waals surface area contributed by atoms with Gasteiger partial charge >= 0.3 is 0 Å². The number of nitrogens with zero attached hydrogens (tertiary/aromatic N) is 1. The lowest BCUT2D eigenvalue weighted by molar-refractivity contribution is -0.116. The SMILES string of the molecule is Cc1cc(NC(=O)CCN2C(=O)c3ccccc3C2=O)cc(C)c1C. The lowest BCUT2D eigenvalue weighted by Gasteiger charge is -2.14. The van der Waals surface area contributed by atoms with Crippen molar-refractivity contribution in [2.24, 2.45) is 0 Å². The molecule has 0 unspecified atom stereocenters. The highest BCUT2D eigenvalue weighted by molar-refractivity contribution is 6.21. The van der Waals surface area contributed by atoms with Gasteiger partial charge in [-0.2, -0.15) is 0 Å². The first-order valence-corrected chi connectivity index (χ1v) is 8.21. The van der Waals surface area contributed by atoms with Crippen molar-refractivity contribution in [3.8, 4) is 0 Å². The maximum absolute atomic E-state index is 12.3. The van der Waals surface area contributed by atoms with E-state index in [0.717, 1.165) is 21.7 Å². The molecule has 128 valence electrons. The number of rotatable bonds is 4. The third-order valence-corrected chi connectivity index (χ3v) is 4.65. The summed E-state index contributed by atoms with van der Waals surface area (Å²) in [7, 11) is 0.